The molecule has 0 atom stereocenters. The highest BCUT2D eigenvalue weighted by Crippen LogP contribution is 2.36. The van der Waals surface area contributed by atoms with Crippen LogP contribution in [0.3, 0.4) is 0 Å². The lowest BCUT2D eigenvalue weighted by Gasteiger charge is -2.35. The van der Waals surface area contributed by atoms with Crippen molar-refractivity contribution in [3.05, 3.63) is 16.4 Å². The van der Waals surface area contributed by atoms with Gasteiger partial charge in [0.05, 0.1) is 6.61 Å². The lowest BCUT2D eigenvalue weighted by molar-refractivity contribution is -0.388. The zero-order chi connectivity index (χ0) is 13.9. The van der Waals surface area contributed by atoms with Crippen LogP contribution in [-0.4, -0.2) is 32.7 Å². The number of hydrogen-bond donors (Lipinski definition) is 2. The third kappa shape index (κ3) is 2.86. The molecular weight excluding hydrogens is 248 g/mol. The summed E-state index contributed by atoms with van der Waals surface area (Å²) in [7, 11) is 1.72. The van der Waals surface area contributed by atoms with Crippen LogP contribution in [0.4, 0.5) is 11.6 Å². The smallest absolute Gasteiger partial charge is 0.396 e. The first-order chi connectivity index (χ1) is 9.08. The van der Waals surface area contributed by atoms with Gasteiger partial charge in [0.15, 0.2) is 0 Å². The van der Waals surface area contributed by atoms with Gasteiger partial charge in [-0.25, -0.2) is 0 Å². The molecule has 0 amide bonds. The van der Waals surface area contributed by atoms with Gasteiger partial charge in [-0.3, -0.25) is 4.57 Å². The summed E-state index contributed by atoms with van der Waals surface area (Å²) in [5, 5.41) is 23.6. The van der Waals surface area contributed by atoms with Crippen molar-refractivity contribution in [3.63, 3.8) is 0 Å². The van der Waals surface area contributed by atoms with E-state index in [-0.39, 0.29) is 17.8 Å². The number of aliphatic hydroxyl groups excluding tert-OH is 1. The summed E-state index contributed by atoms with van der Waals surface area (Å²) >= 11 is 0. The second-order valence-corrected chi connectivity index (χ2v) is 5.36. The van der Waals surface area contributed by atoms with Gasteiger partial charge in [-0.1, -0.05) is 19.3 Å². The second kappa shape index (κ2) is 5.56. The molecule has 0 aromatic carbocycles. The van der Waals surface area contributed by atoms with Crippen LogP contribution < -0.4 is 5.32 Å². The minimum Gasteiger partial charge on any atom is -0.396 e. The van der Waals surface area contributed by atoms with Crippen molar-refractivity contribution in [1.82, 2.24) is 9.55 Å². The zero-order valence-electron chi connectivity index (χ0n) is 11.1. The van der Waals surface area contributed by atoms with Gasteiger partial charge in [0.25, 0.3) is 0 Å². The third-order valence-electron chi connectivity index (χ3n) is 3.97. The van der Waals surface area contributed by atoms with Crippen molar-refractivity contribution >= 4 is 11.6 Å². The number of nitro groups is 1. The van der Waals surface area contributed by atoms with Crippen molar-refractivity contribution in [1.29, 1.82) is 0 Å². The quantitative estimate of drug-likeness (QED) is 0.626. The summed E-state index contributed by atoms with van der Waals surface area (Å²) in [6.07, 6.45) is 6.76. The predicted molar refractivity (Wildman–Crippen MR) is 71.0 cm³/mol. The molecular formula is C12H20N4O3. The Kier molecular flexibility index (Phi) is 4.04. The van der Waals surface area contributed by atoms with E-state index in [4.69, 9.17) is 0 Å². The fourth-order valence-electron chi connectivity index (χ4n) is 2.72. The van der Waals surface area contributed by atoms with Crippen molar-refractivity contribution < 1.29 is 10.0 Å². The van der Waals surface area contributed by atoms with Gasteiger partial charge in [0.2, 0.25) is 12.1 Å². The third-order valence-corrected chi connectivity index (χ3v) is 3.97. The van der Waals surface area contributed by atoms with E-state index in [0.717, 1.165) is 25.7 Å². The van der Waals surface area contributed by atoms with Crippen molar-refractivity contribution in [2.75, 3.05) is 18.5 Å². The first-order valence-electron chi connectivity index (χ1n) is 6.58. The molecule has 1 heterocycles. The number of aryl methyl sites for hydroxylation is 1. The van der Waals surface area contributed by atoms with Crippen LogP contribution in [0.15, 0.2) is 6.33 Å². The van der Waals surface area contributed by atoms with Crippen molar-refractivity contribution in [2.45, 2.75) is 32.1 Å². The summed E-state index contributed by atoms with van der Waals surface area (Å²) < 4.78 is 1.60. The van der Waals surface area contributed by atoms with E-state index < -0.39 is 4.92 Å². The van der Waals surface area contributed by atoms with Crippen LogP contribution in [0.25, 0.3) is 0 Å². The SMILES string of the molecule is Cn1cnc([N+](=O)[O-])c1NCC1(CO)CCCCC1. The maximum absolute atomic E-state index is 10.9. The monoisotopic (exact) mass is 268 g/mol. The molecule has 7 heteroatoms. The van der Waals surface area contributed by atoms with Gasteiger partial charge in [-0.2, -0.15) is 0 Å². The Bertz CT molecular complexity index is 452. The summed E-state index contributed by atoms with van der Waals surface area (Å²) in [5.41, 5.74) is -0.156. The van der Waals surface area contributed by atoms with Gasteiger partial charge < -0.3 is 20.5 Å². The van der Waals surface area contributed by atoms with Crippen LogP contribution in [0.1, 0.15) is 32.1 Å². The number of aromatic nitrogens is 2. The van der Waals surface area contributed by atoms with E-state index in [1.54, 1.807) is 11.6 Å². The van der Waals surface area contributed by atoms with Gasteiger partial charge in [-0.05, 0) is 22.7 Å². The molecule has 2 N–H and O–H groups in total. The van der Waals surface area contributed by atoms with E-state index in [1.807, 2.05) is 0 Å². The summed E-state index contributed by atoms with van der Waals surface area (Å²) in [5.74, 6) is 0.245. The van der Waals surface area contributed by atoms with Gasteiger partial charge in [0, 0.05) is 19.0 Å². The second-order valence-electron chi connectivity index (χ2n) is 5.36. The first-order valence-corrected chi connectivity index (χ1v) is 6.58. The molecule has 0 bridgehead atoms. The normalized spacial score (nSPS) is 18.2. The molecule has 7 nitrogen and oxygen atoms in total. The highest BCUT2D eigenvalue weighted by Gasteiger charge is 2.32. The lowest BCUT2D eigenvalue weighted by atomic mass is 9.74. The fraction of sp³-hybridized carbons (Fsp3) is 0.750. The van der Waals surface area contributed by atoms with E-state index >= 15 is 0 Å². The summed E-state index contributed by atoms with van der Waals surface area (Å²) in [4.78, 5) is 14.2. The highest BCUT2D eigenvalue weighted by atomic mass is 16.6. The fourth-order valence-corrected chi connectivity index (χ4v) is 2.72. The maximum atomic E-state index is 10.9. The van der Waals surface area contributed by atoms with Crippen molar-refractivity contribution in [2.24, 2.45) is 12.5 Å². The number of aliphatic hydroxyl groups is 1. The molecule has 1 aliphatic carbocycles. The molecule has 2 rings (SSSR count). The average molecular weight is 268 g/mol. The van der Waals surface area contributed by atoms with Crippen LogP contribution >= 0.6 is 0 Å². The lowest BCUT2D eigenvalue weighted by Crippen LogP contribution is -2.36. The molecule has 1 aliphatic rings. The number of imidazole rings is 1. The number of rotatable bonds is 5. The Morgan fingerprint density at radius 3 is 2.79 bits per heavy atom. The van der Waals surface area contributed by atoms with Crippen LogP contribution in [0.2, 0.25) is 0 Å². The molecule has 0 aliphatic heterocycles. The molecule has 19 heavy (non-hydrogen) atoms. The van der Waals surface area contributed by atoms with Gasteiger partial charge in [-0.15, -0.1) is 0 Å². The van der Waals surface area contributed by atoms with Gasteiger partial charge in [0.1, 0.15) is 0 Å². The predicted octanol–water partition coefficient (Wildman–Crippen LogP) is 1.68. The maximum Gasteiger partial charge on any atom is 0.406 e. The minimum atomic E-state index is -0.491. The Hall–Kier alpha value is -1.63. The number of anilines is 1. The van der Waals surface area contributed by atoms with Crippen molar-refractivity contribution in [3.8, 4) is 0 Å². The topological polar surface area (TPSA) is 93.2 Å². The number of nitrogens with zero attached hydrogens (tertiary/aromatic N) is 3. The first kappa shape index (κ1) is 13.8. The summed E-state index contributed by atoms with van der Waals surface area (Å²) in [6.45, 7) is 0.662. The standard InChI is InChI=1S/C12H20N4O3/c1-15-9-14-11(16(18)19)10(15)13-7-12(8-17)5-3-2-4-6-12/h9,13,17H,2-8H2,1H3. The molecule has 0 spiro atoms. The Labute approximate surface area is 111 Å². The number of nitrogens with one attached hydrogen (secondary N) is 1. The Morgan fingerprint density at radius 2 is 2.21 bits per heavy atom. The Balaban J connectivity index is 2.09. The summed E-state index contributed by atoms with van der Waals surface area (Å²) in [6, 6.07) is 0. The molecule has 0 unspecified atom stereocenters. The molecule has 1 saturated carbocycles. The number of hydrogen-bond acceptors (Lipinski definition) is 5. The molecule has 106 valence electrons. The van der Waals surface area contributed by atoms with E-state index in [1.165, 1.54) is 12.7 Å². The average Bonchev–Trinajstić information content (AvgIpc) is 2.79. The van der Waals surface area contributed by atoms with Crippen LogP contribution in [0.5, 0.6) is 0 Å². The largest absolute Gasteiger partial charge is 0.406 e. The van der Waals surface area contributed by atoms with E-state index in [9.17, 15) is 15.2 Å². The minimum absolute atomic E-state index is 0.117. The molecule has 1 aromatic heterocycles. The highest BCUT2D eigenvalue weighted by molar-refractivity contribution is 5.52. The van der Waals surface area contributed by atoms with Crippen LogP contribution in [-0.2, 0) is 7.05 Å². The molecule has 0 saturated heterocycles. The van der Waals surface area contributed by atoms with Crippen LogP contribution in [0, 0.1) is 15.5 Å². The molecule has 1 fully saturated rings. The molecule has 0 radical (unpaired) electrons. The molecule has 1 aromatic rings. The Morgan fingerprint density at radius 1 is 1.53 bits per heavy atom. The van der Waals surface area contributed by atoms with E-state index in [0.29, 0.717) is 12.4 Å². The van der Waals surface area contributed by atoms with Gasteiger partial charge >= 0.3 is 5.82 Å². The zero-order valence-corrected chi connectivity index (χ0v) is 11.1. The van der Waals surface area contributed by atoms with E-state index in [2.05, 4.69) is 10.3 Å².